The van der Waals surface area contributed by atoms with Crippen LogP contribution in [0.5, 0.6) is 0 Å². The molecule has 2 aromatic rings. The van der Waals surface area contributed by atoms with E-state index in [1.54, 1.807) is 36.0 Å². The van der Waals surface area contributed by atoms with Gasteiger partial charge in [0.2, 0.25) is 5.13 Å². The van der Waals surface area contributed by atoms with E-state index in [4.69, 9.17) is 11.6 Å². The molecule has 20 heavy (non-hydrogen) atoms. The third-order valence-electron chi connectivity index (χ3n) is 2.18. The molecule has 0 atom stereocenters. The molecule has 1 aromatic heterocycles. The first-order valence-electron chi connectivity index (χ1n) is 5.72. The molecule has 0 spiro atoms. The standard InChI is InChI=1S/C13H12ClN3OS2/c1-8(2)7-19-13-17-16-12(20-13)15-11(18)9-3-5-10(14)6-4-9/h3-6H,1,7H2,2H3,(H,15,16,18). The van der Waals surface area contributed by atoms with Gasteiger partial charge >= 0.3 is 0 Å². The van der Waals surface area contributed by atoms with Crippen molar-refractivity contribution in [2.45, 2.75) is 11.3 Å². The van der Waals surface area contributed by atoms with Crippen molar-refractivity contribution in [2.24, 2.45) is 0 Å². The highest BCUT2D eigenvalue weighted by atomic mass is 35.5. The molecule has 0 radical (unpaired) electrons. The summed E-state index contributed by atoms with van der Waals surface area (Å²) in [4.78, 5) is 12.0. The third kappa shape index (κ3) is 4.33. The van der Waals surface area contributed by atoms with E-state index in [2.05, 4.69) is 22.1 Å². The number of carbonyl (C=O) groups excluding carboxylic acids is 1. The van der Waals surface area contributed by atoms with Crippen LogP contribution in [0.4, 0.5) is 5.13 Å². The Hall–Kier alpha value is -1.37. The number of nitrogens with zero attached hydrogens (tertiary/aromatic N) is 2. The van der Waals surface area contributed by atoms with Crippen LogP contribution < -0.4 is 5.32 Å². The molecular weight excluding hydrogens is 314 g/mol. The van der Waals surface area contributed by atoms with Crippen LogP contribution in [0.3, 0.4) is 0 Å². The van der Waals surface area contributed by atoms with E-state index in [1.165, 1.54) is 11.3 Å². The molecule has 0 aliphatic rings. The number of anilines is 1. The average Bonchev–Trinajstić information content (AvgIpc) is 2.84. The average molecular weight is 326 g/mol. The molecular formula is C13H12ClN3OS2. The SMILES string of the molecule is C=C(C)CSc1nnc(NC(=O)c2ccc(Cl)cc2)s1. The van der Waals surface area contributed by atoms with E-state index in [1.807, 2.05) is 6.92 Å². The van der Waals surface area contributed by atoms with Crippen molar-refractivity contribution in [3.63, 3.8) is 0 Å². The zero-order valence-corrected chi connectivity index (χ0v) is 13.1. The van der Waals surface area contributed by atoms with Crippen LogP contribution in [0.2, 0.25) is 5.02 Å². The monoisotopic (exact) mass is 325 g/mol. The van der Waals surface area contributed by atoms with Crippen molar-refractivity contribution >= 4 is 45.7 Å². The quantitative estimate of drug-likeness (QED) is 0.510. The number of benzene rings is 1. The third-order valence-corrected chi connectivity index (χ3v) is 4.63. The number of hydrogen-bond donors (Lipinski definition) is 1. The van der Waals surface area contributed by atoms with Gasteiger partial charge in [0.05, 0.1) is 0 Å². The molecule has 1 N–H and O–H groups in total. The molecule has 1 aromatic carbocycles. The van der Waals surface area contributed by atoms with Crippen molar-refractivity contribution in [3.05, 3.63) is 47.0 Å². The van der Waals surface area contributed by atoms with E-state index < -0.39 is 0 Å². The number of halogens is 1. The van der Waals surface area contributed by atoms with E-state index in [9.17, 15) is 4.79 Å². The summed E-state index contributed by atoms with van der Waals surface area (Å²) in [7, 11) is 0. The van der Waals surface area contributed by atoms with Crippen molar-refractivity contribution in [2.75, 3.05) is 11.1 Å². The van der Waals surface area contributed by atoms with Crippen molar-refractivity contribution in [1.82, 2.24) is 10.2 Å². The molecule has 0 saturated carbocycles. The molecule has 4 nitrogen and oxygen atoms in total. The first-order chi connectivity index (χ1) is 9.54. The highest BCUT2D eigenvalue weighted by molar-refractivity contribution is 8.01. The van der Waals surface area contributed by atoms with E-state index in [0.717, 1.165) is 15.7 Å². The van der Waals surface area contributed by atoms with Gasteiger partial charge in [-0.1, -0.05) is 46.9 Å². The second kappa shape index (κ2) is 6.88. The maximum absolute atomic E-state index is 12.0. The summed E-state index contributed by atoms with van der Waals surface area (Å²) in [6.45, 7) is 5.78. The van der Waals surface area contributed by atoms with Gasteiger partial charge in [0, 0.05) is 16.3 Å². The van der Waals surface area contributed by atoms with Crippen LogP contribution in [0.25, 0.3) is 0 Å². The normalized spacial score (nSPS) is 10.3. The number of aromatic nitrogens is 2. The van der Waals surface area contributed by atoms with Gasteiger partial charge in [-0.15, -0.1) is 10.2 Å². The Balaban J connectivity index is 1.97. The zero-order valence-electron chi connectivity index (χ0n) is 10.7. The van der Waals surface area contributed by atoms with Gasteiger partial charge in [-0.25, -0.2) is 0 Å². The molecule has 0 aliphatic heterocycles. The van der Waals surface area contributed by atoms with Crippen molar-refractivity contribution in [1.29, 1.82) is 0 Å². The van der Waals surface area contributed by atoms with Gasteiger partial charge in [0.15, 0.2) is 4.34 Å². The Morgan fingerprint density at radius 2 is 2.10 bits per heavy atom. The summed E-state index contributed by atoms with van der Waals surface area (Å²) in [5, 5.41) is 11.7. The lowest BCUT2D eigenvalue weighted by molar-refractivity contribution is 0.102. The van der Waals surface area contributed by atoms with E-state index >= 15 is 0 Å². The summed E-state index contributed by atoms with van der Waals surface area (Å²) in [5.41, 5.74) is 1.60. The maximum Gasteiger partial charge on any atom is 0.257 e. The Morgan fingerprint density at radius 1 is 1.40 bits per heavy atom. The number of nitrogens with one attached hydrogen (secondary N) is 1. The highest BCUT2D eigenvalue weighted by Crippen LogP contribution is 2.26. The van der Waals surface area contributed by atoms with Crippen LogP contribution >= 0.6 is 34.7 Å². The molecule has 0 fully saturated rings. The van der Waals surface area contributed by atoms with Crippen LogP contribution in [0, 0.1) is 0 Å². The van der Waals surface area contributed by atoms with Crippen LogP contribution in [-0.2, 0) is 0 Å². The lowest BCUT2D eigenvalue weighted by atomic mass is 10.2. The molecule has 0 unspecified atom stereocenters. The molecule has 2 rings (SSSR count). The molecule has 7 heteroatoms. The predicted octanol–water partition coefficient (Wildman–Crippen LogP) is 4.11. The minimum Gasteiger partial charge on any atom is -0.296 e. The molecule has 1 amide bonds. The molecule has 104 valence electrons. The van der Waals surface area contributed by atoms with Crippen LogP contribution in [0.15, 0.2) is 40.8 Å². The van der Waals surface area contributed by atoms with Gasteiger partial charge in [-0.3, -0.25) is 10.1 Å². The lowest BCUT2D eigenvalue weighted by Crippen LogP contribution is -2.11. The second-order valence-corrected chi connectivity index (χ2v) is 6.72. The number of rotatable bonds is 5. The van der Waals surface area contributed by atoms with Crippen molar-refractivity contribution in [3.8, 4) is 0 Å². The largest absolute Gasteiger partial charge is 0.296 e. The van der Waals surface area contributed by atoms with Gasteiger partial charge in [0.1, 0.15) is 0 Å². The summed E-state index contributed by atoms with van der Waals surface area (Å²) in [6.07, 6.45) is 0. The first kappa shape index (κ1) is 15.0. The van der Waals surface area contributed by atoms with Crippen LogP contribution in [-0.4, -0.2) is 21.9 Å². The van der Waals surface area contributed by atoms with Gasteiger partial charge in [-0.05, 0) is 31.2 Å². The fourth-order valence-electron chi connectivity index (χ4n) is 1.27. The van der Waals surface area contributed by atoms with Gasteiger partial charge in [0.25, 0.3) is 5.91 Å². The molecule has 0 aliphatic carbocycles. The second-order valence-electron chi connectivity index (χ2n) is 4.08. The van der Waals surface area contributed by atoms with Gasteiger partial charge in [-0.2, -0.15) is 0 Å². The fourth-order valence-corrected chi connectivity index (χ4v) is 2.99. The Bertz CT molecular complexity index is 625. The molecule has 0 bridgehead atoms. The number of carbonyl (C=O) groups is 1. The lowest BCUT2D eigenvalue weighted by Gasteiger charge is -2.00. The Kier molecular flexibility index (Phi) is 5.17. The van der Waals surface area contributed by atoms with Crippen molar-refractivity contribution < 1.29 is 4.79 Å². The maximum atomic E-state index is 12.0. The molecule has 0 saturated heterocycles. The number of amides is 1. The minimum atomic E-state index is -0.228. The summed E-state index contributed by atoms with van der Waals surface area (Å²) >= 11 is 8.67. The zero-order chi connectivity index (χ0) is 14.5. The van der Waals surface area contributed by atoms with E-state index in [0.29, 0.717) is 15.7 Å². The minimum absolute atomic E-state index is 0.228. The Labute approximate surface area is 130 Å². The number of thioether (sulfide) groups is 1. The summed E-state index contributed by atoms with van der Waals surface area (Å²) in [5.74, 6) is 0.564. The van der Waals surface area contributed by atoms with E-state index in [-0.39, 0.29) is 5.91 Å². The Morgan fingerprint density at radius 3 is 2.75 bits per heavy atom. The first-order valence-corrected chi connectivity index (χ1v) is 7.90. The smallest absolute Gasteiger partial charge is 0.257 e. The highest BCUT2D eigenvalue weighted by Gasteiger charge is 2.10. The summed E-state index contributed by atoms with van der Waals surface area (Å²) in [6, 6.07) is 6.67. The van der Waals surface area contributed by atoms with Gasteiger partial charge < -0.3 is 0 Å². The number of hydrogen-bond acceptors (Lipinski definition) is 5. The topological polar surface area (TPSA) is 54.9 Å². The van der Waals surface area contributed by atoms with Crippen LogP contribution in [0.1, 0.15) is 17.3 Å². The predicted molar refractivity (Wildman–Crippen MR) is 84.9 cm³/mol. The molecule has 1 heterocycles. The summed E-state index contributed by atoms with van der Waals surface area (Å²) < 4.78 is 0.805. The fraction of sp³-hybridized carbons (Fsp3) is 0.154.